The van der Waals surface area contributed by atoms with Gasteiger partial charge in [0.05, 0.1) is 11.4 Å². The SMILES string of the molecule is Cc1ccc(S(=O)(=O)N2CCN(CC(=O)N3CCCC[C@@H]3C(N)=O)CC2)c(C)c1. The smallest absolute Gasteiger partial charge is 0.243 e. The molecule has 0 aliphatic carbocycles. The van der Waals surface area contributed by atoms with E-state index in [9.17, 15) is 18.0 Å². The van der Waals surface area contributed by atoms with Crippen LogP contribution in [0, 0.1) is 13.8 Å². The molecule has 9 heteroatoms. The summed E-state index contributed by atoms with van der Waals surface area (Å²) in [5.41, 5.74) is 7.22. The van der Waals surface area contributed by atoms with Gasteiger partial charge in [0.25, 0.3) is 0 Å². The van der Waals surface area contributed by atoms with E-state index >= 15 is 0 Å². The van der Waals surface area contributed by atoms with Crippen LogP contribution in [0.15, 0.2) is 23.1 Å². The molecule has 2 aliphatic heterocycles. The monoisotopic (exact) mass is 422 g/mol. The number of carbonyl (C=O) groups excluding carboxylic acids is 2. The molecule has 2 heterocycles. The minimum Gasteiger partial charge on any atom is -0.368 e. The Balaban J connectivity index is 1.60. The molecule has 160 valence electrons. The van der Waals surface area contributed by atoms with Crippen LogP contribution in [0.3, 0.4) is 0 Å². The van der Waals surface area contributed by atoms with E-state index in [0.717, 1.165) is 24.0 Å². The molecule has 2 saturated heterocycles. The standard InChI is InChI=1S/C20H30N4O4S/c1-15-6-7-18(16(2)13-15)29(27,28)23-11-9-22(10-12-23)14-19(25)24-8-4-3-5-17(24)20(21)26/h6-7,13,17H,3-5,8-12,14H2,1-2H3,(H2,21,26)/t17-/m1/s1. The fraction of sp³-hybridized carbons (Fsp3) is 0.600. The zero-order valence-corrected chi connectivity index (χ0v) is 18.0. The number of amides is 2. The van der Waals surface area contributed by atoms with E-state index in [1.165, 1.54) is 4.31 Å². The molecule has 0 radical (unpaired) electrons. The minimum atomic E-state index is -3.55. The average Bonchev–Trinajstić information content (AvgIpc) is 2.68. The molecule has 0 bridgehead atoms. The molecule has 1 aromatic carbocycles. The number of sulfonamides is 1. The van der Waals surface area contributed by atoms with E-state index in [-0.39, 0.29) is 12.5 Å². The molecule has 1 aromatic rings. The number of hydrogen-bond acceptors (Lipinski definition) is 5. The van der Waals surface area contributed by atoms with Gasteiger partial charge in [-0.15, -0.1) is 0 Å². The van der Waals surface area contributed by atoms with Gasteiger partial charge < -0.3 is 10.6 Å². The Bertz CT molecular complexity index is 878. The lowest BCUT2D eigenvalue weighted by molar-refractivity contribution is -0.142. The van der Waals surface area contributed by atoms with Gasteiger partial charge in [-0.05, 0) is 44.7 Å². The van der Waals surface area contributed by atoms with Crippen LogP contribution in [0.2, 0.25) is 0 Å². The molecule has 0 unspecified atom stereocenters. The third-order valence-electron chi connectivity index (χ3n) is 5.79. The van der Waals surface area contributed by atoms with Gasteiger partial charge in [-0.2, -0.15) is 4.31 Å². The van der Waals surface area contributed by atoms with E-state index in [0.29, 0.717) is 44.0 Å². The van der Waals surface area contributed by atoms with Gasteiger partial charge in [0.2, 0.25) is 21.8 Å². The first-order valence-corrected chi connectivity index (χ1v) is 11.5. The maximum Gasteiger partial charge on any atom is 0.243 e. The molecule has 8 nitrogen and oxygen atoms in total. The Morgan fingerprint density at radius 2 is 1.76 bits per heavy atom. The highest BCUT2D eigenvalue weighted by molar-refractivity contribution is 7.89. The Kier molecular flexibility index (Phi) is 6.60. The fourth-order valence-electron chi connectivity index (χ4n) is 4.16. The number of likely N-dealkylation sites (tertiary alicyclic amines) is 1. The highest BCUT2D eigenvalue weighted by Crippen LogP contribution is 2.22. The number of rotatable bonds is 5. The van der Waals surface area contributed by atoms with Crippen LogP contribution in [-0.2, 0) is 19.6 Å². The van der Waals surface area contributed by atoms with Gasteiger partial charge in [0, 0.05) is 32.7 Å². The van der Waals surface area contributed by atoms with Crippen LogP contribution in [0.25, 0.3) is 0 Å². The van der Waals surface area contributed by atoms with Gasteiger partial charge in [-0.25, -0.2) is 8.42 Å². The molecule has 1 atom stereocenters. The van der Waals surface area contributed by atoms with Crippen LogP contribution in [0.5, 0.6) is 0 Å². The van der Waals surface area contributed by atoms with Crippen LogP contribution < -0.4 is 5.73 Å². The van der Waals surface area contributed by atoms with Crippen molar-refractivity contribution >= 4 is 21.8 Å². The van der Waals surface area contributed by atoms with Gasteiger partial charge in [0.15, 0.2) is 0 Å². The molecule has 2 amide bonds. The number of piperidine rings is 1. The first-order chi connectivity index (χ1) is 13.7. The second-order valence-corrected chi connectivity index (χ2v) is 9.86. The zero-order valence-electron chi connectivity index (χ0n) is 17.1. The first kappa shape index (κ1) is 21.7. The summed E-state index contributed by atoms with van der Waals surface area (Å²) in [6.07, 6.45) is 2.38. The molecule has 3 rings (SSSR count). The summed E-state index contributed by atoms with van der Waals surface area (Å²) in [4.78, 5) is 28.2. The fourth-order valence-corrected chi connectivity index (χ4v) is 5.79. The summed E-state index contributed by atoms with van der Waals surface area (Å²) in [5.74, 6) is -0.568. The molecule has 2 fully saturated rings. The van der Waals surface area contributed by atoms with Crippen molar-refractivity contribution in [1.29, 1.82) is 0 Å². The second kappa shape index (κ2) is 8.81. The molecule has 0 aromatic heterocycles. The third-order valence-corrected chi connectivity index (χ3v) is 7.85. The number of benzene rings is 1. The maximum absolute atomic E-state index is 13.0. The summed E-state index contributed by atoms with van der Waals surface area (Å²) in [5, 5.41) is 0. The predicted octanol–water partition coefficient (Wildman–Crippen LogP) is 0.476. The number of hydrogen-bond donors (Lipinski definition) is 1. The van der Waals surface area contributed by atoms with Gasteiger partial charge >= 0.3 is 0 Å². The van der Waals surface area contributed by atoms with Crippen molar-refractivity contribution in [2.45, 2.75) is 44.0 Å². The molecule has 2 aliphatic rings. The molecule has 29 heavy (non-hydrogen) atoms. The number of nitrogens with two attached hydrogens (primary N) is 1. The Hall–Kier alpha value is -1.97. The van der Waals surface area contributed by atoms with Crippen molar-refractivity contribution in [3.05, 3.63) is 29.3 Å². The highest BCUT2D eigenvalue weighted by atomic mass is 32.2. The lowest BCUT2D eigenvalue weighted by Gasteiger charge is -2.37. The second-order valence-electron chi connectivity index (χ2n) is 7.95. The van der Waals surface area contributed by atoms with E-state index < -0.39 is 22.0 Å². The van der Waals surface area contributed by atoms with E-state index in [1.54, 1.807) is 11.0 Å². The summed E-state index contributed by atoms with van der Waals surface area (Å²) < 4.78 is 27.5. The average molecular weight is 423 g/mol. The quantitative estimate of drug-likeness (QED) is 0.743. The van der Waals surface area contributed by atoms with Crippen LogP contribution in [0.4, 0.5) is 0 Å². The summed E-state index contributed by atoms with van der Waals surface area (Å²) in [6.45, 7) is 6.10. The number of aryl methyl sites for hydroxylation is 2. The van der Waals surface area contributed by atoms with Crippen molar-refractivity contribution in [3.63, 3.8) is 0 Å². The maximum atomic E-state index is 13.0. The van der Waals surface area contributed by atoms with E-state index in [4.69, 9.17) is 5.73 Å². The predicted molar refractivity (Wildman–Crippen MR) is 110 cm³/mol. The van der Waals surface area contributed by atoms with E-state index in [1.807, 2.05) is 30.9 Å². The largest absolute Gasteiger partial charge is 0.368 e. The number of primary amides is 1. The first-order valence-electron chi connectivity index (χ1n) is 10.1. The van der Waals surface area contributed by atoms with Gasteiger partial charge in [-0.1, -0.05) is 17.7 Å². The van der Waals surface area contributed by atoms with Crippen molar-refractivity contribution in [1.82, 2.24) is 14.1 Å². The van der Waals surface area contributed by atoms with Crippen molar-refractivity contribution in [2.75, 3.05) is 39.3 Å². The normalized spacial score (nSPS) is 21.9. The van der Waals surface area contributed by atoms with Crippen LogP contribution in [-0.4, -0.2) is 79.6 Å². The lowest BCUT2D eigenvalue weighted by Crippen LogP contribution is -2.55. The molecule has 2 N–H and O–H groups in total. The van der Waals surface area contributed by atoms with Crippen molar-refractivity contribution < 1.29 is 18.0 Å². The molecular weight excluding hydrogens is 392 g/mol. The lowest BCUT2D eigenvalue weighted by atomic mass is 10.0. The molecular formula is C20H30N4O4S. The summed E-state index contributed by atoms with van der Waals surface area (Å²) >= 11 is 0. The highest BCUT2D eigenvalue weighted by Gasteiger charge is 2.33. The number of carbonyl (C=O) groups is 2. The van der Waals surface area contributed by atoms with Crippen molar-refractivity contribution in [2.24, 2.45) is 5.73 Å². The topological polar surface area (TPSA) is 104 Å². The third kappa shape index (κ3) is 4.79. The Morgan fingerprint density at radius 1 is 1.07 bits per heavy atom. The Morgan fingerprint density at radius 3 is 2.38 bits per heavy atom. The van der Waals surface area contributed by atoms with Crippen molar-refractivity contribution in [3.8, 4) is 0 Å². The van der Waals surface area contributed by atoms with Crippen LogP contribution >= 0.6 is 0 Å². The Labute approximate surface area is 172 Å². The van der Waals surface area contributed by atoms with Gasteiger partial charge in [-0.3, -0.25) is 14.5 Å². The number of piperazine rings is 1. The zero-order chi connectivity index (χ0) is 21.2. The van der Waals surface area contributed by atoms with E-state index in [2.05, 4.69) is 0 Å². The van der Waals surface area contributed by atoms with Crippen LogP contribution in [0.1, 0.15) is 30.4 Å². The summed E-state index contributed by atoms with van der Waals surface area (Å²) in [7, 11) is -3.55. The summed E-state index contributed by atoms with van der Waals surface area (Å²) in [6, 6.07) is 4.82. The molecule has 0 saturated carbocycles. The molecule has 0 spiro atoms. The van der Waals surface area contributed by atoms with Gasteiger partial charge in [0.1, 0.15) is 6.04 Å². The number of nitrogens with zero attached hydrogens (tertiary/aromatic N) is 3. The minimum absolute atomic E-state index is 0.112.